The summed E-state index contributed by atoms with van der Waals surface area (Å²) in [6, 6.07) is 11.8. The lowest BCUT2D eigenvalue weighted by Crippen LogP contribution is -2.41. The van der Waals surface area contributed by atoms with Crippen molar-refractivity contribution in [1.82, 2.24) is 0 Å². The van der Waals surface area contributed by atoms with Crippen LogP contribution >= 0.6 is 15.9 Å². The molecule has 0 aliphatic heterocycles. The minimum absolute atomic E-state index is 0.0267. The SMILES string of the molecule is FCCCCC(F)C(F)C(F)CC1(CC(F)C(F)C(F)CCCCF)c2ccccc2-c2cccc(Br)c21. The van der Waals surface area contributed by atoms with Crippen LogP contribution < -0.4 is 0 Å². The molecule has 0 radical (unpaired) electrons. The van der Waals surface area contributed by atoms with Crippen LogP contribution in [0, 0.1) is 0 Å². The molecule has 212 valence electrons. The van der Waals surface area contributed by atoms with E-state index in [1.165, 1.54) is 0 Å². The fourth-order valence-electron chi connectivity index (χ4n) is 5.54. The second-order valence-corrected chi connectivity index (χ2v) is 10.9. The molecular formula is C29H33BrF8. The first-order chi connectivity index (χ1) is 18.2. The molecule has 0 fully saturated rings. The van der Waals surface area contributed by atoms with Crippen LogP contribution in [-0.4, -0.2) is 50.4 Å². The molecule has 0 saturated carbocycles. The van der Waals surface area contributed by atoms with E-state index in [1.807, 2.05) is 0 Å². The third-order valence-electron chi connectivity index (χ3n) is 7.42. The van der Waals surface area contributed by atoms with E-state index in [1.54, 1.807) is 42.5 Å². The Hall–Kier alpha value is -1.64. The van der Waals surface area contributed by atoms with Gasteiger partial charge in [-0.1, -0.05) is 52.3 Å². The van der Waals surface area contributed by atoms with Crippen molar-refractivity contribution in [3.05, 3.63) is 58.1 Å². The van der Waals surface area contributed by atoms with Crippen LogP contribution in [0.3, 0.4) is 0 Å². The van der Waals surface area contributed by atoms with Crippen LogP contribution in [0.2, 0.25) is 0 Å². The van der Waals surface area contributed by atoms with Crippen molar-refractivity contribution < 1.29 is 35.1 Å². The molecule has 6 atom stereocenters. The molecule has 6 unspecified atom stereocenters. The van der Waals surface area contributed by atoms with E-state index in [4.69, 9.17) is 0 Å². The Morgan fingerprint density at radius 2 is 1.11 bits per heavy atom. The lowest BCUT2D eigenvalue weighted by Gasteiger charge is -2.37. The summed E-state index contributed by atoms with van der Waals surface area (Å²) in [4.78, 5) is 0. The van der Waals surface area contributed by atoms with Crippen molar-refractivity contribution in [3.8, 4) is 11.1 Å². The summed E-state index contributed by atoms with van der Waals surface area (Å²) in [7, 11) is 0. The van der Waals surface area contributed by atoms with Gasteiger partial charge >= 0.3 is 0 Å². The largest absolute Gasteiger partial charge is 0.251 e. The lowest BCUT2D eigenvalue weighted by molar-refractivity contribution is 0.0395. The number of hydrogen-bond acceptors (Lipinski definition) is 0. The Bertz CT molecular complexity index is 988. The van der Waals surface area contributed by atoms with Crippen molar-refractivity contribution in [3.63, 3.8) is 0 Å². The van der Waals surface area contributed by atoms with Crippen molar-refractivity contribution >= 4 is 15.9 Å². The minimum Gasteiger partial charge on any atom is -0.251 e. The standard InChI is InChI=1S/C29H33BrF8/c30-21-11-7-9-19-18-8-1-2-10-20(18)29(26(19)21,16-24(35)27(37)22(33)12-3-5-14-31)17-25(36)28(38)23(34)13-4-6-15-32/h1-2,7-11,22-25,27-28H,3-6,12-17H2. The van der Waals surface area contributed by atoms with Crippen LogP contribution in [0.1, 0.15) is 62.5 Å². The van der Waals surface area contributed by atoms with Crippen LogP contribution in [0.15, 0.2) is 46.9 Å². The normalized spacial score (nSPS) is 21.3. The second kappa shape index (κ2) is 14.1. The first-order valence-corrected chi connectivity index (χ1v) is 13.8. The van der Waals surface area contributed by atoms with Gasteiger partial charge in [0.25, 0.3) is 0 Å². The molecule has 0 spiro atoms. The van der Waals surface area contributed by atoms with Gasteiger partial charge < -0.3 is 0 Å². The fraction of sp³-hybridized carbons (Fsp3) is 0.586. The van der Waals surface area contributed by atoms with Crippen molar-refractivity contribution in [1.29, 1.82) is 0 Å². The maximum atomic E-state index is 15.6. The number of alkyl halides is 8. The fourth-order valence-corrected chi connectivity index (χ4v) is 6.29. The van der Waals surface area contributed by atoms with Gasteiger partial charge in [0.1, 0.15) is 24.7 Å². The van der Waals surface area contributed by atoms with Gasteiger partial charge in [0.05, 0.1) is 13.3 Å². The van der Waals surface area contributed by atoms with Gasteiger partial charge in [0.15, 0.2) is 12.3 Å². The quantitative estimate of drug-likeness (QED) is 0.131. The molecule has 0 heterocycles. The Morgan fingerprint density at radius 3 is 1.63 bits per heavy atom. The number of benzene rings is 2. The highest BCUT2D eigenvalue weighted by Crippen LogP contribution is 2.57. The third-order valence-corrected chi connectivity index (χ3v) is 8.08. The van der Waals surface area contributed by atoms with E-state index >= 15 is 8.78 Å². The van der Waals surface area contributed by atoms with E-state index in [-0.39, 0.29) is 38.5 Å². The number of unbranched alkanes of at least 4 members (excludes halogenated alkanes) is 2. The average Bonchev–Trinajstić information content (AvgIpc) is 3.18. The predicted molar refractivity (Wildman–Crippen MR) is 139 cm³/mol. The van der Waals surface area contributed by atoms with Gasteiger partial charge in [-0.25, -0.2) is 26.3 Å². The first-order valence-electron chi connectivity index (χ1n) is 13.0. The van der Waals surface area contributed by atoms with Crippen LogP contribution in [0.25, 0.3) is 11.1 Å². The van der Waals surface area contributed by atoms with Gasteiger partial charge in [-0.15, -0.1) is 0 Å². The van der Waals surface area contributed by atoms with Gasteiger partial charge in [-0.2, -0.15) is 0 Å². The molecule has 38 heavy (non-hydrogen) atoms. The molecular weight excluding hydrogens is 580 g/mol. The molecule has 0 aromatic heterocycles. The van der Waals surface area contributed by atoms with Crippen LogP contribution in [-0.2, 0) is 5.41 Å². The highest BCUT2D eigenvalue weighted by Gasteiger charge is 2.50. The Labute approximate surface area is 227 Å². The molecule has 0 amide bonds. The monoisotopic (exact) mass is 612 g/mol. The zero-order chi connectivity index (χ0) is 27.9. The maximum absolute atomic E-state index is 15.6. The number of halogens is 9. The average molecular weight is 613 g/mol. The summed E-state index contributed by atoms with van der Waals surface area (Å²) in [5.41, 5.74) is 0.448. The second-order valence-electron chi connectivity index (χ2n) is 10.0. The lowest BCUT2D eigenvalue weighted by atomic mass is 9.69. The zero-order valence-corrected chi connectivity index (χ0v) is 22.6. The smallest absolute Gasteiger partial charge is 0.162 e. The van der Waals surface area contributed by atoms with Crippen molar-refractivity contribution in [2.45, 2.75) is 93.8 Å². The van der Waals surface area contributed by atoms with Gasteiger partial charge in [0, 0.05) is 9.89 Å². The zero-order valence-electron chi connectivity index (χ0n) is 21.0. The van der Waals surface area contributed by atoms with E-state index in [0.29, 0.717) is 26.7 Å². The Kier molecular flexibility index (Phi) is 11.5. The molecule has 0 N–H and O–H groups in total. The summed E-state index contributed by atoms with van der Waals surface area (Å²) < 4.78 is 115. The Balaban J connectivity index is 1.98. The number of fused-ring (bicyclic) bond motifs is 3. The molecule has 1 aliphatic rings. The third kappa shape index (κ3) is 6.73. The highest BCUT2D eigenvalue weighted by atomic mass is 79.9. The first kappa shape index (κ1) is 30.9. The van der Waals surface area contributed by atoms with E-state index < -0.39 is 68.6 Å². The highest BCUT2D eigenvalue weighted by molar-refractivity contribution is 9.10. The van der Waals surface area contributed by atoms with E-state index in [9.17, 15) is 26.3 Å². The van der Waals surface area contributed by atoms with E-state index in [2.05, 4.69) is 15.9 Å². The summed E-state index contributed by atoms with van der Waals surface area (Å²) in [5.74, 6) is 0. The van der Waals surface area contributed by atoms with Crippen LogP contribution in [0.4, 0.5) is 35.1 Å². The van der Waals surface area contributed by atoms with Gasteiger partial charge in [-0.3, -0.25) is 8.78 Å². The van der Waals surface area contributed by atoms with Crippen molar-refractivity contribution in [2.75, 3.05) is 13.3 Å². The maximum Gasteiger partial charge on any atom is 0.162 e. The number of rotatable bonds is 16. The number of hydrogen-bond donors (Lipinski definition) is 0. The molecule has 0 saturated heterocycles. The summed E-state index contributed by atoms with van der Waals surface area (Å²) in [5, 5.41) is 0. The summed E-state index contributed by atoms with van der Waals surface area (Å²) >= 11 is 3.43. The topological polar surface area (TPSA) is 0 Å². The summed E-state index contributed by atoms with van der Waals surface area (Å²) in [6.07, 6.45) is -16.3. The van der Waals surface area contributed by atoms with Crippen molar-refractivity contribution in [2.24, 2.45) is 0 Å². The van der Waals surface area contributed by atoms with E-state index in [0.717, 1.165) is 0 Å². The molecule has 1 aliphatic carbocycles. The molecule has 2 aromatic rings. The molecule has 2 aromatic carbocycles. The van der Waals surface area contributed by atoms with Crippen LogP contribution in [0.5, 0.6) is 0 Å². The Morgan fingerprint density at radius 1 is 0.605 bits per heavy atom. The van der Waals surface area contributed by atoms with Gasteiger partial charge in [-0.05, 0) is 79.7 Å². The molecule has 9 heteroatoms. The molecule has 0 nitrogen and oxygen atoms in total. The molecule has 3 rings (SSSR count). The predicted octanol–water partition coefficient (Wildman–Crippen LogP) is 9.80. The molecule has 0 bridgehead atoms. The van der Waals surface area contributed by atoms with Gasteiger partial charge in [0.2, 0.25) is 0 Å². The minimum atomic E-state index is -2.56. The summed E-state index contributed by atoms with van der Waals surface area (Å²) in [6.45, 7) is -1.39.